The predicted molar refractivity (Wildman–Crippen MR) is 47.1 cm³/mol. The van der Waals surface area contributed by atoms with Crippen LogP contribution in [-0.2, 0) is 0 Å². The van der Waals surface area contributed by atoms with Gasteiger partial charge in [0.25, 0.3) is 0 Å². The minimum atomic E-state index is 0.450. The topological polar surface area (TPSA) is 56.2 Å². The third-order valence-electron chi connectivity index (χ3n) is 1.72. The first-order valence-electron chi connectivity index (χ1n) is 3.45. The summed E-state index contributed by atoms with van der Waals surface area (Å²) in [4.78, 5) is 4.08. The first-order valence-corrected chi connectivity index (χ1v) is 3.83. The highest BCUT2D eigenvalue weighted by Gasteiger charge is 2.05. The fourth-order valence-electron chi connectivity index (χ4n) is 1.03. The number of nitrogens with two attached hydrogens (primary N) is 1. The Balaban J connectivity index is 2.88. The first kappa shape index (κ1) is 7.36. The monoisotopic (exact) mass is 182 g/mol. The van der Waals surface area contributed by atoms with Gasteiger partial charge in [0.15, 0.2) is 11.5 Å². The van der Waals surface area contributed by atoms with Crippen molar-refractivity contribution in [1.82, 2.24) is 14.6 Å². The second-order valence-electron chi connectivity index (χ2n) is 2.53. The third-order valence-corrected chi connectivity index (χ3v) is 1.93. The largest absolute Gasteiger partial charge is 0.382 e. The number of rotatable bonds is 0. The number of aryl methyl sites for hydroxylation is 1. The van der Waals surface area contributed by atoms with Gasteiger partial charge in [-0.15, -0.1) is 5.10 Å². The summed E-state index contributed by atoms with van der Waals surface area (Å²) in [6.45, 7) is 1.86. The molecule has 5 heteroatoms. The zero-order valence-corrected chi connectivity index (χ0v) is 7.21. The highest BCUT2D eigenvalue weighted by molar-refractivity contribution is 6.29. The van der Waals surface area contributed by atoms with Gasteiger partial charge in [0.05, 0.1) is 0 Å². The van der Waals surface area contributed by atoms with Gasteiger partial charge < -0.3 is 5.73 Å². The van der Waals surface area contributed by atoms with Crippen LogP contribution < -0.4 is 5.73 Å². The van der Waals surface area contributed by atoms with Gasteiger partial charge in [-0.05, 0) is 13.0 Å². The van der Waals surface area contributed by atoms with Crippen LogP contribution in [0.3, 0.4) is 0 Å². The van der Waals surface area contributed by atoms with Gasteiger partial charge in [-0.2, -0.15) is 0 Å². The van der Waals surface area contributed by atoms with Crippen LogP contribution in [-0.4, -0.2) is 14.6 Å². The van der Waals surface area contributed by atoms with Crippen LogP contribution in [0.1, 0.15) is 5.56 Å². The van der Waals surface area contributed by atoms with Crippen molar-refractivity contribution in [3.8, 4) is 0 Å². The van der Waals surface area contributed by atoms with E-state index in [0.29, 0.717) is 16.6 Å². The molecule has 0 saturated carbocycles. The molecule has 12 heavy (non-hydrogen) atoms. The van der Waals surface area contributed by atoms with Crippen LogP contribution in [0.15, 0.2) is 12.3 Å². The van der Waals surface area contributed by atoms with E-state index in [2.05, 4.69) is 10.1 Å². The maximum absolute atomic E-state index is 5.71. The molecule has 0 fully saturated rings. The second-order valence-corrected chi connectivity index (χ2v) is 2.92. The third kappa shape index (κ3) is 0.921. The smallest absolute Gasteiger partial charge is 0.161 e. The van der Waals surface area contributed by atoms with Crippen LogP contribution in [0.2, 0.25) is 5.15 Å². The Morgan fingerprint density at radius 1 is 1.58 bits per heavy atom. The van der Waals surface area contributed by atoms with Gasteiger partial charge >= 0.3 is 0 Å². The number of halogens is 1. The number of fused-ring (bicyclic) bond motifs is 1. The summed E-state index contributed by atoms with van der Waals surface area (Å²) < 4.78 is 1.61. The minimum absolute atomic E-state index is 0.450. The van der Waals surface area contributed by atoms with E-state index < -0.39 is 0 Å². The van der Waals surface area contributed by atoms with Crippen molar-refractivity contribution >= 4 is 23.1 Å². The second kappa shape index (κ2) is 2.35. The molecule has 0 saturated heterocycles. The summed E-state index contributed by atoms with van der Waals surface area (Å²) in [5.74, 6) is 0.491. The highest BCUT2D eigenvalue weighted by atomic mass is 35.5. The van der Waals surface area contributed by atoms with Crippen LogP contribution in [0.25, 0.3) is 5.65 Å². The summed E-state index contributed by atoms with van der Waals surface area (Å²) in [7, 11) is 0. The molecule has 0 atom stereocenters. The molecule has 0 radical (unpaired) electrons. The van der Waals surface area contributed by atoms with Crippen molar-refractivity contribution in [3.63, 3.8) is 0 Å². The number of nitrogens with zero attached hydrogens (tertiary/aromatic N) is 3. The van der Waals surface area contributed by atoms with Gasteiger partial charge in [0.1, 0.15) is 5.15 Å². The number of hydrogen-bond acceptors (Lipinski definition) is 3. The normalized spacial score (nSPS) is 10.8. The van der Waals surface area contributed by atoms with E-state index in [1.807, 2.05) is 6.92 Å². The average molecular weight is 183 g/mol. The van der Waals surface area contributed by atoms with E-state index in [0.717, 1.165) is 5.56 Å². The molecule has 2 N–H and O–H groups in total. The molecule has 4 nitrogen and oxygen atoms in total. The van der Waals surface area contributed by atoms with Crippen molar-refractivity contribution in [2.75, 3.05) is 5.73 Å². The number of aromatic nitrogens is 3. The fourth-order valence-corrected chi connectivity index (χ4v) is 1.17. The molecule has 0 aliphatic carbocycles. The Morgan fingerprint density at radius 3 is 3.08 bits per heavy atom. The summed E-state index contributed by atoms with van der Waals surface area (Å²) in [5, 5.41) is 4.48. The van der Waals surface area contributed by atoms with E-state index >= 15 is 0 Å². The molecule has 2 aromatic heterocycles. The van der Waals surface area contributed by atoms with Crippen molar-refractivity contribution in [2.45, 2.75) is 6.92 Å². The molecular weight excluding hydrogens is 176 g/mol. The maximum atomic E-state index is 5.71. The predicted octanol–water partition coefficient (Wildman–Crippen LogP) is 1.27. The maximum Gasteiger partial charge on any atom is 0.161 e. The SMILES string of the molecule is Cc1c(N)nn2ccc(Cl)nc12. The van der Waals surface area contributed by atoms with Crippen molar-refractivity contribution in [2.24, 2.45) is 0 Å². The Kier molecular flexibility index (Phi) is 1.44. The van der Waals surface area contributed by atoms with E-state index in [4.69, 9.17) is 17.3 Å². The number of hydrogen-bond donors (Lipinski definition) is 1. The lowest BCUT2D eigenvalue weighted by atomic mass is 10.3. The molecule has 2 heterocycles. The van der Waals surface area contributed by atoms with Crippen molar-refractivity contribution in [1.29, 1.82) is 0 Å². The standard InChI is InChI=1S/C7H7ClN4/c1-4-6(9)11-12-3-2-5(8)10-7(4)12/h2-3H,1H3,(H2,9,11). The number of nitrogen functional groups attached to an aromatic ring is 1. The minimum Gasteiger partial charge on any atom is -0.382 e. The summed E-state index contributed by atoms with van der Waals surface area (Å²) in [6, 6.07) is 1.67. The average Bonchev–Trinajstić information content (AvgIpc) is 2.31. The fraction of sp³-hybridized carbons (Fsp3) is 0.143. The van der Waals surface area contributed by atoms with Crippen molar-refractivity contribution in [3.05, 3.63) is 23.0 Å². The molecule has 0 unspecified atom stereocenters. The Hall–Kier alpha value is -1.29. The molecule has 0 aliphatic heterocycles. The van der Waals surface area contributed by atoms with E-state index in [1.54, 1.807) is 16.8 Å². The molecular formula is C7H7ClN4. The lowest BCUT2D eigenvalue weighted by molar-refractivity contribution is 0.945. The van der Waals surface area contributed by atoms with Crippen LogP contribution >= 0.6 is 11.6 Å². The van der Waals surface area contributed by atoms with Gasteiger partial charge in [-0.3, -0.25) is 0 Å². The van der Waals surface area contributed by atoms with Crippen LogP contribution in [0.5, 0.6) is 0 Å². The van der Waals surface area contributed by atoms with Gasteiger partial charge in [0, 0.05) is 11.8 Å². The quantitative estimate of drug-likeness (QED) is 0.625. The van der Waals surface area contributed by atoms with Crippen LogP contribution in [0, 0.1) is 6.92 Å². The molecule has 0 aliphatic rings. The highest BCUT2D eigenvalue weighted by Crippen LogP contribution is 2.15. The lowest BCUT2D eigenvalue weighted by Crippen LogP contribution is -1.89. The molecule has 0 bridgehead atoms. The van der Waals surface area contributed by atoms with Gasteiger partial charge in [0.2, 0.25) is 0 Å². The lowest BCUT2D eigenvalue weighted by Gasteiger charge is -1.91. The zero-order chi connectivity index (χ0) is 8.72. The molecule has 2 aromatic rings. The zero-order valence-electron chi connectivity index (χ0n) is 6.45. The molecule has 0 amide bonds. The molecule has 62 valence electrons. The van der Waals surface area contributed by atoms with E-state index in [1.165, 1.54) is 0 Å². The molecule has 2 rings (SSSR count). The first-order chi connectivity index (χ1) is 5.68. The Bertz CT molecular complexity index is 434. The Labute approximate surface area is 74.0 Å². The van der Waals surface area contributed by atoms with Crippen LogP contribution in [0.4, 0.5) is 5.82 Å². The molecule has 0 aromatic carbocycles. The summed E-state index contributed by atoms with van der Waals surface area (Å²) >= 11 is 5.71. The Morgan fingerprint density at radius 2 is 2.33 bits per heavy atom. The van der Waals surface area contributed by atoms with Crippen molar-refractivity contribution < 1.29 is 0 Å². The van der Waals surface area contributed by atoms with Gasteiger partial charge in [-0.1, -0.05) is 11.6 Å². The summed E-state index contributed by atoms with van der Waals surface area (Å²) in [6.07, 6.45) is 1.73. The van der Waals surface area contributed by atoms with E-state index in [9.17, 15) is 0 Å². The molecule has 0 spiro atoms. The van der Waals surface area contributed by atoms with E-state index in [-0.39, 0.29) is 0 Å². The van der Waals surface area contributed by atoms with Gasteiger partial charge in [-0.25, -0.2) is 9.50 Å². The number of anilines is 1. The summed E-state index contributed by atoms with van der Waals surface area (Å²) in [5.41, 5.74) is 7.15.